The summed E-state index contributed by atoms with van der Waals surface area (Å²) in [6, 6.07) is 10.7. The monoisotopic (exact) mass is 355 g/mol. The lowest BCUT2D eigenvalue weighted by molar-refractivity contribution is -0.387. The number of aromatic amines is 1. The van der Waals surface area contributed by atoms with Crippen LogP contribution in [0.1, 0.15) is 0 Å². The van der Waals surface area contributed by atoms with Gasteiger partial charge in [0, 0.05) is 28.7 Å². The summed E-state index contributed by atoms with van der Waals surface area (Å²) in [6.07, 6.45) is 3.45. The number of hydrogen-bond donors (Lipinski definition) is 1. The fraction of sp³-hybridized carbons (Fsp3) is 0. The van der Waals surface area contributed by atoms with Crippen molar-refractivity contribution in [3.05, 3.63) is 68.6 Å². The molecule has 2 heterocycles. The van der Waals surface area contributed by atoms with Crippen LogP contribution in [0.15, 0.2) is 63.4 Å². The maximum atomic E-state index is 11.5. The van der Waals surface area contributed by atoms with Crippen LogP contribution in [0.25, 0.3) is 21.0 Å². The van der Waals surface area contributed by atoms with Gasteiger partial charge in [0.25, 0.3) is 5.69 Å². The Labute approximate surface area is 143 Å². The van der Waals surface area contributed by atoms with Crippen molar-refractivity contribution >= 4 is 49.8 Å². The normalized spacial score (nSPS) is 11.2. The Morgan fingerprint density at radius 1 is 1.21 bits per heavy atom. The summed E-state index contributed by atoms with van der Waals surface area (Å²) >= 11 is 2.28. The molecule has 0 aliphatic carbocycles. The van der Waals surface area contributed by atoms with Crippen molar-refractivity contribution in [3.8, 4) is 0 Å². The van der Waals surface area contributed by atoms with Crippen LogP contribution in [0.5, 0.6) is 0 Å². The molecule has 0 bridgehead atoms. The van der Waals surface area contributed by atoms with E-state index in [-0.39, 0.29) is 10.6 Å². The zero-order chi connectivity index (χ0) is 16.7. The topological polar surface area (TPSA) is 88.9 Å². The molecular formula is C16H9N3O3S2. The van der Waals surface area contributed by atoms with Crippen LogP contribution < -0.4 is 4.87 Å². The van der Waals surface area contributed by atoms with Gasteiger partial charge >= 0.3 is 4.87 Å². The van der Waals surface area contributed by atoms with Crippen LogP contribution in [0, 0.1) is 10.1 Å². The minimum atomic E-state index is -0.418. The van der Waals surface area contributed by atoms with E-state index in [1.54, 1.807) is 18.5 Å². The van der Waals surface area contributed by atoms with Crippen LogP contribution in [0.2, 0.25) is 0 Å². The molecule has 2 aromatic carbocycles. The van der Waals surface area contributed by atoms with E-state index in [4.69, 9.17) is 0 Å². The number of nitrogens with one attached hydrogen (secondary N) is 1. The summed E-state index contributed by atoms with van der Waals surface area (Å²) in [7, 11) is 0. The molecule has 0 aliphatic heterocycles. The highest BCUT2D eigenvalue weighted by molar-refractivity contribution is 7.99. The van der Waals surface area contributed by atoms with Crippen molar-refractivity contribution in [2.45, 2.75) is 9.79 Å². The molecular weight excluding hydrogens is 346 g/mol. The van der Waals surface area contributed by atoms with Gasteiger partial charge in [-0.3, -0.25) is 19.9 Å². The van der Waals surface area contributed by atoms with E-state index in [1.165, 1.54) is 17.8 Å². The van der Waals surface area contributed by atoms with Crippen LogP contribution >= 0.6 is 23.1 Å². The number of H-pyrrole nitrogens is 1. The number of hydrogen-bond acceptors (Lipinski definition) is 6. The molecule has 118 valence electrons. The molecule has 1 N–H and O–H groups in total. The van der Waals surface area contributed by atoms with Gasteiger partial charge < -0.3 is 4.98 Å². The largest absolute Gasteiger partial charge is 0.312 e. The molecule has 4 aromatic rings. The maximum absolute atomic E-state index is 11.5. The van der Waals surface area contributed by atoms with E-state index in [0.717, 1.165) is 27.0 Å². The molecule has 24 heavy (non-hydrogen) atoms. The molecule has 0 saturated carbocycles. The Morgan fingerprint density at radius 3 is 2.92 bits per heavy atom. The Morgan fingerprint density at radius 2 is 2.08 bits per heavy atom. The third kappa shape index (κ3) is 2.55. The summed E-state index contributed by atoms with van der Waals surface area (Å²) in [5.74, 6) is 0. The first-order valence-corrected chi connectivity index (χ1v) is 8.57. The zero-order valence-corrected chi connectivity index (χ0v) is 13.7. The van der Waals surface area contributed by atoms with Crippen LogP contribution in [0.3, 0.4) is 0 Å². The summed E-state index contributed by atoms with van der Waals surface area (Å²) < 4.78 is 0.582. The summed E-state index contributed by atoms with van der Waals surface area (Å²) in [5.41, 5.74) is 0.605. The van der Waals surface area contributed by atoms with Gasteiger partial charge in [0.15, 0.2) is 0 Å². The Kier molecular flexibility index (Phi) is 3.55. The number of thiazole rings is 1. The standard InChI is InChI=1S/C16H9N3O3S2/c20-16-18-11-6-15(12(19(21)22)7-14(11)24-16)23-13-3-1-2-9-8-17-5-4-10(9)13/h1-8H,(H,18,20). The van der Waals surface area contributed by atoms with Gasteiger partial charge in [-0.1, -0.05) is 35.2 Å². The quantitative estimate of drug-likeness (QED) is 0.439. The van der Waals surface area contributed by atoms with Gasteiger partial charge in [-0.2, -0.15) is 0 Å². The Balaban J connectivity index is 1.90. The molecule has 0 amide bonds. The minimum absolute atomic E-state index is 0.00573. The van der Waals surface area contributed by atoms with E-state index in [9.17, 15) is 14.9 Å². The molecule has 4 rings (SSSR count). The fourth-order valence-corrected chi connectivity index (χ4v) is 4.34. The van der Waals surface area contributed by atoms with Crippen molar-refractivity contribution in [1.82, 2.24) is 9.97 Å². The Hall–Kier alpha value is -2.71. The van der Waals surface area contributed by atoms with Gasteiger partial charge in [0.05, 0.1) is 20.0 Å². The SMILES string of the molecule is O=c1[nH]c2cc(Sc3cccc4cnccc34)c([N+](=O)[O-])cc2s1. The second-order valence-electron chi connectivity index (χ2n) is 5.04. The Bertz CT molecular complexity index is 1140. The molecule has 8 heteroatoms. The van der Waals surface area contributed by atoms with Gasteiger partial charge in [-0.25, -0.2) is 0 Å². The summed E-state index contributed by atoms with van der Waals surface area (Å²) in [4.78, 5) is 30.5. The lowest BCUT2D eigenvalue weighted by Crippen LogP contribution is -1.92. The highest BCUT2D eigenvalue weighted by Crippen LogP contribution is 2.40. The van der Waals surface area contributed by atoms with Crippen molar-refractivity contribution in [2.24, 2.45) is 0 Å². The smallest absolute Gasteiger partial charge is 0.305 e. The summed E-state index contributed by atoms with van der Waals surface area (Å²) in [6.45, 7) is 0. The first-order chi connectivity index (χ1) is 11.6. The van der Waals surface area contributed by atoms with Gasteiger partial charge in [-0.15, -0.1) is 0 Å². The second kappa shape index (κ2) is 5.73. The zero-order valence-electron chi connectivity index (χ0n) is 12.1. The number of nitro benzene ring substituents is 1. The van der Waals surface area contributed by atoms with Crippen molar-refractivity contribution < 1.29 is 4.92 Å². The predicted molar refractivity (Wildman–Crippen MR) is 95.0 cm³/mol. The van der Waals surface area contributed by atoms with Crippen molar-refractivity contribution in [2.75, 3.05) is 0 Å². The van der Waals surface area contributed by atoms with E-state index >= 15 is 0 Å². The van der Waals surface area contributed by atoms with Gasteiger partial charge in [-0.05, 0) is 23.6 Å². The van der Waals surface area contributed by atoms with E-state index in [0.29, 0.717) is 15.1 Å². The molecule has 2 aromatic heterocycles. The van der Waals surface area contributed by atoms with Gasteiger partial charge in [0.1, 0.15) is 0 Å². The molecule has 0 atom stereocenters. The average molecular weight is 355 g/mol. The fourth-order valence-electron chi connectivity index (χ4n) is 2.49. The van der Waals surface area contributed by atoms with Crippen LogP contribution in [-0.4, -0.2) is 14.9 Å². The van der Waals surface area contributed by atoms with E-state index in [2.05, 4.69) is 9.97 Å². The highest BCUT2D eigenvalue weighted by atomic mass is 32.2. The number of fused-ring (bicyclic) bond motifs is 2. The molecule has 0 unspecified atom stereocenters. The molecule has 0 fully saturated rings. The van der Waals surface area contributed by atoms with E-state index < -0.39 is 4.92 Å². The summed E-state index contributed by atoms with van der Waals surface area (Å²) in [5, 5.41) is 13.4. The first kappa shape index (κ1) is 14.9. The van der Waals surface area contributed by atoms with Crippen molar-refractivity contribution in [3.63, 3.8) is 0 Å². The van der Waals surface area contributed by atoms with Crippen LogP contribution in [-0.2, 0) is 0 Å². The third-order valence-corrected chi connectivity index (χ3v) is 5.53. The highest BCUT2D eigenvalue weighted by Gasteiger charge is 2.18. The average Bonchev–Trinajstić information content (AvgIpc) is 2.93. The molecule has 0 spiro atoms. The number of benzene rings is 2. The maximum Gasteiger partial charge on any atom is 0.305 e. The van der Waals surface area contributed by atoms with E-state index in [1.807, 2.05) is 24.3 Å². The number of rotatable bonds is 3. The number of pyridine rings is 1. The van der Waals surface area contributed by atoms with Crippen LogP contribution in [0.4, 0.5) is 5.69 Å². The number of aromatic nitrogens is 2. The molecule has 0 saturated heterocycles. The molecule has 0 aliphatic rings. The number of nitro groups is 1. The second-order valence-corrected chi connectivity index (χ2v) is 7.14. The predicted octanol–water partition coefficient (Wildman–Crippen LogP) is 4.20. The lowest BCUT2D eigenvalue weighted by Gasteiger charge is -2.07. The molecule has 6 nitrogen and oxygen atoms in total. The third-order valence-electron chi connectivity index (χ3n) is 3.56. The lowest BCUT2D eigenvalue weighted by atomic mass is 10.2. The number of nitrogens with zero attached hydrogens (tertiary/aromatic N) is 2. The van der Waals surface area contributed by atoms with Crippen molar-refractivity contribution in [1.29, 1.82) is 0 Å². The first-order valence-electron chi connectivity index (χ1n) is 6.94. The molecule has 0 radical (unpaired) electrons. The minimum Gasteiger partial charge on any atom is -0.312 e. The van der Waals surface area contributed by atoms with Gasteiger partial charge in [0.2, 0.25) is 0 Å².